The van der Waals surface area contributed by atoms with Gasteiger partial charge in [0.15, 0.2) is 12.3 Å². The quantitative estimate of drug-likeness (QED) is 0.806. The van der Waals surface area contributed by atoms with Crippen molar-refractivity contribution in [3.05, 3.63) is 33.3 Å². The molecule has 0 radical (unpaired) electrons. The number of hydrogen-bond donors (Lipinski definition) is 0. The third-order valence-electron chi connectivity index (χ3n) is 2.01. The highest BCUT2D eigenvalue weighted by Gasteiger charge is 2.10. The predicted octanol–water partition coefficient (Wildman–Crippen LogP) is 3.51. The third kappa shape index (κ3) is 2.17. The number of pyridine rings is 1. The fourth-order valence-electron chi connectivity index (χ4n) is 1.36. The van der Waals surface area contributed by atoms with Gasteiger partial charge >= 0.3 is 0 Å². The zero-order valence-corrected chi connectivity index (χ0v) is 11.6. The summed E-state index contributed by atoms with van der Waals surface area (Å²) in [6.07, 6.45) is 3.15. The molecule has 0 aliphatic carbocycles. The largest absolute Gasteiger partial charge is 0.317 e. The first-order valence-electron chi connectivity index (χ1n) is 4.80. The van der Waals surface area contributed by atoms with Crippen molar-refractivity contribution >= 4 is 39.2 Å². The van der Waals surface area contributed by atoms with E-state index in [9.17, 15) is 8.68 Å². The molecule has 0 fully saturated rings. The van der Waals surface area contributed by atoms with Gasteiger partial charge in [0.2, 0.25) is 0 Å². The topological polar surface area (TPSA) is 26.9 Å². The van der Waals surface area contributed by atoms with Crippen LogP contribution in [0.15, 0.2) is 27.7 Å². The van der Waals surface area contributed by atoms with Crippen LogP contribution in [0, 0.1) is 0 Å². The zero-order valence-electron chi connectivity index (χ0n) is 9.20. The monoisotopic (exact) mass is 306 g/mol. The van der Waals surface area contributed by atoms with Gasteiger partial charge in [0, 0.05) is 19.4 Å². The van der Waals surface area contributed by atoms with E-state index in [2.05, 4.69) is 15.9 Å². The van der Waals surface area contributed by atoms with Crippen LogP contribution >= 0.6 is 28.3 Å². The van der Waals surface area contributed by atoms with Crippen LogP contribution in [-0.4, -0.2) is 8.54 Å². The first-order valence-corrected chi connectivity index (χ1v) is 6.27. The van der Waals surface area contributed by atoms with Crippen molar-refractivity contribution < 1.29 is 3.89 Å². The van der Waals surface area contributed by atoms with Crippen LogP contribution in [0.25, 0.3) is 10.9 Å². The van der Waals surface area contributed by atoms with Crippen molar-refractivity contribution in [3.63, 3.8) is 0 Å². The maximum absolute atomic E-state index is 12.5. The van der Waals surface area contributed by atoms with Crippen molar-refractivity contribution in [3.8, 4) is 0 Å². The lowest BCUT2D eigenvalue weighted by Gasteiger charge is -2.02. The number of fused-ring (bicyclic) bond motifs is 1. The number of halogens is 2. The van der Waals surface area contributed by atoms with Gasteiger partial charge in [-0.05, 0) is 22.0 Å². The Morgan fingerprint density at radius 3 is 2.62 bits per heavy atom. The highest BCUT2D eigenvalue weighted by molar-refractivity contribution is 9.10. The second-order valence-electron chi connectivity index (χ2n) is 2.87. The molecule has 2 heterocycles. The van der Waals surface area contributed by atoms with Gasteiger partial charge in [0.25, 0.3) is 5.56 Å². The minimum atomic E-state index is -0.129. The molecule has 6 heteroatoms. The molecule has 0 N–H and O–H groups in total. The standard InChI is InChI=1S/C8H6BrFN2OS.C2H6/c1-11-4-6(9)7-5(8(11)13)2-3-12(7)14-10;1-2/h2-4H,1H3;1-2H3. The number of hydrogen-bond acceptors (Lipinski definition) is 2. The molecule has 0 aromatic carbocycles. The molecule has 2 aromatic heterocycles. The Morgan fingerprint density at radius 1 is 1.44 bits per heavy atom. The molecule has 16 heavy (non-hydrogen) atoms. The molecule has 88 valence electrons. The number of rotatable bonds is 1. The Bertz CT molecular complexity index is 549. The Balaban J connectivity index is 0.000000606. The van der Waals surface area contributed by atoms with Crippen molar-refractivity contribution in [1.82, 2.24) is 8.54 Å². The van der Waals surface area contributed by atoms with E-state index in [0.29, 0.717) is 15.4 Å². The molecule has 0 amide bonds. The number of aromatic nitrogens is 2. The second kappa shape index (κ2) is 5.54. The minimum absolute atomic E-state index is 0.0722. The molecule has 0 atom stereocenters. The van der Waals surface area contributed by atoms with Gasteiger partial charge in [-0.25, -0.2) is 0 Å². The van der Waals surface area contributed by atoms with Crippen LogP contribution in [0.5, 0.6) is 0 Å². The Kier molecular flexibility index (Phi) is 4.61. The summed E-state index contributed by atoms with van der Waals surface area (Å²) in [5.74, 6) is 0. The summed E-state index contributed by atoms with van der Waals surface area (Å²) in [5, 5.41) is 0.507. The van der Waals surface area contributed by atoms with E-state index in [1.165, 1.54) is 14.7 Å². The van der Waals surface area contributed by atoms with Gasteiger partial charge in [0.05, 0.1) is 15.4 Å². The third-order valence-corrected chi connectivity index (χ3v) is 3.04. The van der Waals surface area contributed by atoms with Gasteiger partial charge in [0.1, 0.15) is 0 Å². The van der Waals surface area contributed by atoms with Gasteiger partial charge in [-0.3, -0.25) is 8.77 Å². The molecular formula is C10H12BrFN2OS. The lowest BCUT2D eigenvalue weighted by Crippen LogP contribution is -2.15. The molecule has 0 spiro atoms. The van der Waals surface area contributed by atoms with Crippen molar-refractivity contribution in [2.75, 3.05) is 0 Å². The smallest absolute Gasteiger partial charge is 0.259 e. The summed E-state index contributed by atoms with van der Waals surface area (Å²) in [6.45, 7) is 4.00. The summed E-state index contributed by atoms with van der Waals surface area (Å²) in [4.78, 5) is 11.6. The van der Waals surface area contributed by atoms with E-state index in [-0.39, 0.29) is 17.9 Å². The SMILES string of the molecule is CC.Cn1cc(Br)c2c(ccn2SF)c1=O. The van der Waals surface area contributed by atoms with Crippen LogP contribution in [0.1, 0.15) is 13.8 Å². The molecule has 0 saturated heterocycles. The van der Waals surface area contributed by atoms with Gasteiger partial charge in [-0.1, -0.05) is 13.8 Å². The Labute approximate surface area is 106 Å². The van der Waals surface area contributed by atoms with Crippen molar-refractivity contribution in [2.24, 2.45) is 7.05 Å². The van der Waals surface area contributed by atoms with E-state index < -0.39 is 0 Å². The molecule has 0 aliphatic heterocycles. The Hall–Kier alpha value is -0.750. The van der Waals surface area contributed by atoms with Crippen LogP contribution in [0.3, 0.4) is 0 Å². The molecule has 0 aliphatic rings. The molecule has 3 nitrogen and oxygen atoms in total. The molecule has 0 bridgehead atoms. The van der Waals surface area contributed by atoms with Crippen LogP contribution in [-0.2, 0) is 7.05 Å². The number of nitrogens with zero attached hydrogens (tertiary/aromatic N) is 2. The molecular weight excluding hydrogens is 295 g/mol. The fraction of sp³-hybridized carbons (Fsp3) is 0.300. The van der Waals surface area contributed by atoms with Crippen LogP contribution < -0.4 is 5.56 Å². The van der Waals surface area contributed by atoms with E-state index in [0.717, 1.165) is 0 Å². The summed E-state index contributed by atoms with van der Waals surface area (Å²) in [6, 6.07) is 1.61. The van der Waals surface area contributed by atoms with Crippen LogP contribution in [0.4, 0.5) is 3.89 Å². The normalized spacial score (nSPS) is 10.1. The van der Waals surface area contributed by atoms with E-state index in [1.54, 1.807) is 19.3 Å². The summed E-state index contributed by atoms with van der Waals surface area (Å²) < 4.78 is 15.9. The van der Waals surface area contributed by atoms with Crippen LogP contribution in [0.2, 0.25) is 0 Å². The van der Waals surface area contributed by atoms with E-state index in [4.69, 9.17) is 0 Å². The van der Waals surface area contributed by atoms with Crippen molar-refractivity contribution in [2.45, 2.75) is 13.8 Å². The van der Waals surface area contributed by atoms with E-state index >= 15 is 0 Å². The lowest BCUT2D eigenvalue weighted by molar-refractivity contribution is 0.868. The first-order chi connectivity index (χ1) is 7.65. The summed E-state index contributed by atoms with van der Waals surface area (Å²) in [7, 11) is 1.66. The molecule has 2 rings (SSSR count). The average molecular weight is 307 g/mol. The minimum Gasteiger partial charge on any atom is -0.317 e. The molecule has 0 saturated carbocycles. The maximum atomic E-state index is 12.5. The summed E-state index contributed by atoms with van der Waals surface area (Å²) >= 11 is 3.36. The zero-order chi connectivity index (χ0) is 12.3. The Morgan fingerprint density at radius 2 is 2.06 bits per heavy atom. The molecule has 0 unspecified atom stereocenters. The highest BCUT2D eigenvalue weighted by atomic mass is 79.9. The van der Waals surface area contributed by atoms with Crippen molar-refractivity contribution in [1.29, 1.82) is 0 Å². The van der Waals surface area contributed by atoms with Gasteiger partial charge < -0.3 is 4.57 Å². The lowest BCUT2D eigenvalue weighted by atomic mass is 10.3. The van der Waals surface area contributed by atoms with Gasteiger partial charge in [-0.2, -0.15) is 0 Å². The highest BCUT2D eigenvalue weighted by Crippen LogP contribution is 2.25. The fourth-order valence-corrected chi connectivity index (χ4v) is 2.56. The maximum Gasteiger partial charge on any atom is 0.259 e. The second-order valence-corrected chi connectivity index (χ2v) is 4.25. The predicted molar refractivity (Wildman–Crippen MR) is 70.3 cm³/mol. The van der Waals surface area contributed by atoms with E-state index in [1.807, 2.05) is 13.8 Å². The van der Waals surface area contributed by atoms with Gasteiger partial charge in [-0.15, -0.1) is 3.89 Å². The average Bonchev–Trinajstić information content (AvgIpc) is 2.73. The number of aryl methyl sites for hydroxylation is 1. The first kappa shape index (κ1) is 13.3. The molecule has 2 aromatic rings. The summed E-state index contributed by atoms with van der Waals surface area (Å²) in [5.41, 5.74) is 0.441.